The molecule has 4 heteroatoms. The lowest BCUT2D eigenvalue weighted by Gasteiger charge is -2.00. The van der Waals surface area contributed by atoms with Gasteiger partial charge >= 0.3 is 8.25 Å². The minimum absolute atomic E-state index is 0.117. The minimum atomic E-state index is -2.12. The molecule has 1 unspecified atom stereocenters. The van der Waals surface area contributed by atoms with Crippen molar-refractivity contribution in [2.75, 3.05) is 0 Å². The van der Waals surface area contributed by atoms with E-state index in [2.05, 4.69) is 0 Å². The third-order valence-corrected chi connectivity index (χ3v) is 3.16. The van der Waals surface area contributed by atoms with Crippen LogP contribution in [0.15, 0.2) is 42.5 Å². The lowest BCUT2D eigenvalue weighted by atomic mass is 10.1. The molecular weight excluding hydrogens is 235 g/mol. The molecule has 0 aliphatic heterocycles. The van der Waals surface area contributed by atoms with Crippen LogP contribution in [-0.4, -0.2) is 6.10 Å². The standard InChI is InChI=1S/C13H14O3P/c1-10(2)15-17(14)16-13-9-5-7-11-6-3-4-8-12(11)13/h3-10H,1-2H3/q+1. The molecule has 0 aromatic heterocycles. The Bertz CT molecular complexity index is 532. The van der Waals surface area contributed by atoms with Crippen molar-refractivity contribution in [3.05, 3.63) is 42.5 Å². The Balaban J connectivity index is 2.27. The van der Waals surface area contributed by atoms with Crippen molar-refractivity contribution in [3.63, 3.8) is 0 Å². The lowest BCUT2D eigenvalue weighted by Crippen LogP contribution is -1.97. The Morgan fingerprint density at radius 3 is 2.53 bits per heavy atom. The van der Waals surface area contributed by atoms with Gasteiger partial charge in [-0.25, -0.2) is 4.52 Å². The van der Waals surface area contributed by atoms with Gasteiger partial charge in [-0.3, -0.25) is 0 Å². The molecule has 0 spiro atoms. The van der Waals surface area contributed by atoms with E-state index in [1.807, 2.05) is 50.2 Å². The summed E-state index contributed by atoms with van der Waals surface area (Å²) < 4.78 is 22.0. The van der Waals surface area contributed by atoms with Crippen molar-refractivity contribution in [1.29, 1.82) is 0 Å². The molecule has 0 bridgehead atoms. The van der Waals surface area contributed by atoms with Crippen molar-refractivity contribution in [2.45, 2.75) is 20.0 Å². The van der Waals surface area contributed by atoms with E-state index < -0.39 is 8.25 Å². The summed E-state index contributed by atoms with van der Waals surface area (Å²) in [5.74, 6) is 0.588. The summed E-state index contributed by atoms with van der Waals surface area (Å²) >= 11 is 0. The highest BCUT2D eigenvalue weighted by Gasteiger charge is 2.25. The number of rotatable bonds is 4. The molecule has 0 aliphatic rings. The molecule has 3 nitrogen and oxygen atoms in total. The van der Waals surface area contributed by atoms with Crippen LogP contribution in [0, 0.1) is 0 Å². The summed E-state index contributed by atoms with van der Waals surface area (Å²) in [6, 6.07) is 13.4. The predicted molar refractivity (Wildman–Crippen MR) is 68.4 cm³/mol. The first kappa shape index (κ1) is 12.0. The van der Waals surface area contributed by atoms with E-state index in [1.165, 1.54) is 0 Å². The maximum Gasteiger partial charge on any atom is 0.750 e. The molecule has 1 atom stereocenters. The molecule has 0 saturated carbocycles. The van der Waals surface area contributed by atoms with Gasteiger partial charge in [-0.2, -0.15) is 0 Å². The molecular formula is C13H14O3P+. The fourth-order valence-corrected chi connectivity index (χ4v) is 2.26. The van der Waals surface area contributed by atoms with Gasteiger partial charge in [-0.1, -0.05) is 36.4 Å². The minimum Gasteiger partial charge on any atom is -0.229 e. The number of benzene rings is 2. The molecule has 0 heterocycles. The molecule has 0 radical (unpaired) electrons. The number of fused-ring (bicyclic) bond motifs is 1. The second-order valence-corrected chi connectivity index (χ2v) is 4.79. The molecule has 17 heavy (non-hydrogen) atoms. The van der Waals surface area contributed by atoms with E-state index >= 15 is 0 Å². The molecule has 0 N–H and O–H groups in total. The third-order valence-electron chi connectivity index (χ3n) is 2.22. The lowest BCUT2D eigenvalue weighted by molar-refractivity contribution is 0.226. The third kappa shape index (κ3) is 3.02. The molecule has 88 valence electrons. The summed E-state index contributed by atoms with van der Waals surface area (Å²) in [6.45, 7) is 3.64. The van der Waals surface area contributed by atoms with Crippen molar-refractivity contribution in [3.8, 4) is 5.75 Å². The topological polar surface area (TPSA) is 35.5 Å². The fourth-order valence-electron chi connectivity index (χ4n) is 1.55. The highest BCUT2D eigenvalue weighted by atomic mass is 31.1. The van der Waals surface area contributed by atoms with Gasteiger partial charge in [-0.15, -0.1) is 4.52 Å². The van der Waals surface area contributed by atoms with E-state index in [-0.39, 0.29) is 6.10 Å². The van der Waals surface area contributed by atoms with E-state index in [9.17, 15) is 4.57 Å². The molecule has 0 amide bonds. The van der Waals surface area contributed by atoms with Crippen molar-refractivity contribution >= 4 is 19.0 Å². The molecule has 0 saturated heterocycles. The summed E-state index contributed by atoms with van der Waals surface area (Å²) in [4.78, 5) is 0. The van der Waals surface area contributed by atoms with Crippen molar-refractivity contribution in [1.82, 2.24) is 0 Å². The number of hydrogen-bond donors (Lipinski definition) is 0. The molecule has 2 aromatic rings. The summed E-state index contributed by atoms with van der Waals surface area (Å²) in [6.07, 6.45) is -0.117. The van der Waals surface area contributed by atoms with Gasteiger partial charge in [0, 0.05) is 9.95 Å². The smallest absolute Gasteiger partial charge is 0.229 e. The maximum atomic E-state index is 11.6. The second-order valence-electron chi connectivity index (χ2n) is 3.95. The first-order chi connectivity index (χ1) is 8.16. The van der Waals surface area contributed by atoms with Gasteiger partial charge < -0.3 is 0 Å². The van der Waals surface area contributed by atoms with Crippen molar-refractivity contribution < 1.29 is 13.6 Å². The van der Waals surface area contributed by atoms with Crippen LogP contribution in [0.1, 0.15) is 13.8 Å². The van der Waals surface area contributed by atoms with Crippen LogP contribution in [0.25, 0.3) is 10.8 Å². The average Bonchev–Trinajstić information content (AvgIpc) is 2.28. The highest BCUT2D eigenvalue weighted by molar-refractivity contribution is 7.33. The van der Waals surface area contributed by atoms with Gasteiger partial charge in [-0.05, 0) is 25.3 Å². The second kappa shape index (κ2) is 5.26. The zero-order valence-electron chi connectivity index (χ0n) is 9.79. The summed E-state index contributed by atoms with van der Waals surface area (Å²) in [5, 5.41) is 1.99. The van der Waals surface area contributed by atoms with Crippen LogP contribution in [0.5, 0.6) is 5.75 Å². The monoisotopic (exact) mass is 249 g/mol. The normalized spacial score (nSPS) is 11.8. The Labute approximate surface area is 101 Å². The first-order valence-corrected chi connectivity index (χ1v) is 6.56. The van der Waals surface area contributed by atoms with E-state index in [0.29, 0.717) is 5.75 Å². The zero-order chi connectivity index (χ0) is 12.3. The number of hydrogen-bond acceptors (Lipinski definition) is 3. The highest BCUT2D eigenvalue weighted by Crippen LogP contribution is 2.34. The maximum absolute atomic E-state index is 11.6. The summed E-state index contributed by atoms with van der Waals surface area (Å²) in [7, 11) is -2.12. The van der Waals surface area contributed by atoms with Gasteiger partial charge in [0.2, 0.25) is 0 Å². The molecule has 2 aromatic carbocycles. The van der Waals surface area contributed by atoms with Gasteiger partial charge in [0.05, 0.1) is 0 Å². The Morgan fingerprint density at radius 1 is 1.06 bits per heavy atom. The average molecular weight is 249 g/mol. The van der Waals surface area contributed by atoms with E-state index in [0.717, 1.165) is 10.8 Å². The van der Waals surface area contributed by atoms with Crippen molar-refractivity contribution in [2.24, 2.45) is 0 Å². The van der Waals surface area contributed by atoms with Crippen LogP contribution in [-0.2, 0) is 9.09 Å². The van der Waals surface area contributed by atoms with E-state index in [4.69, 9.17) is 9.05 Å². The molecule has 2 rings (SSSR count). The first-order valence-electron chi connectivity index (χ1n) is 5.46. The Kier molecular flexibility index (Phi) is 3.72. The Morgan fingerprint density at radius 2 is 1.76 bits per heavy atom. The van der Waals surface area contributed by atoms with Crippen LogP contribution < -0.4 is 4.52 Å². The SMILES string of the molecule is CC(C)O[P+](=O)Oc1cccc2ccccc12. The largest absolute Gasteiger partial charge is 0.750 e. The van der Waals surface area contributed by atoms with Crippen LogP contribution in [0.3, 0.4) is 0 Å². The van der Waals surface area contributed by atoms with Crippen LogP contribution in [0.4, 0.5) is 0 Å². The molecule has 0 fully saturated rings. The van der Waals surface area contributed by atoms with Crippen LogP contribution >= 0.6 is 8.25 Å². The van der Waals surface area contributed by atoms with Gasteiger partial charge in [0.1, 0.15) is 6.10 Å². The fraction of sp³-hybridized carbons (Fsp3) is 0.231. The van der Waals surface area contributed by atoms with Gasteiger partial charge in [0.15, 0.2) is 5.75 Å². The van der Waals surface area contributed by atoms with Gasteiger partial charge in [0.25, 0.3) is 0 Å². The predicted octanol–water partition coefficient (Wildman–Crippen LogP) is 4.30. The molecule has 0 aliphatic carbocycles. The Hall–Kier alpha value is -1.44. The summed E-state index contributed by atoms with van der Waals surface area (Å²) in [5.41, 5.74) is 0. The quantitative estimate of drug-likeness (QED) is 0.758. The zero-order valence-corrected chi connectivity index (χ0v) is 10.7. The van der Waals surface area contributed by atoms with Crippen LogP contribution in [0.2, 0.25) is 0 Å². The van der Waals surface area contributed by atoms with E-state index in [1.54, 1.807) is 6.07 Å².